The molecule has 0 aromatic heterocycles. The number of allylic oxidation sites excluding steroid dienone is 2. The summed E-state index contributed by atoms with van der Waals surface area (Å²) < 4.78 is 0. The van der Waals surface area contributed by atoms with Crippen LogP contribution in [0, 0.1) is 5.92 Å². The third-order valence-corrected chi connectivity index (χ3v) is 3.80. The van der Waals surface area contributed by atoms with E-state index in [1.807, 2.05) is 6.08 Å². The fourth-order valence-electron chi connectivity index (χ4n) is 2.66. The van der Waals surface area contributed by atoms with Crippen molar-refractivity contribution in [3.8, 4) is 0 Å². The molecule has 18 heavy (non-hydrogen) atoms. The van der Waals surface area contributed by atoms with Crippen molar-refractivity contribution in [3.05, 3.63) is 11.8 Å². The Morgan fingerprint density at radius 2 is 1.28 bits per heavy atom. The quantitative estimate of drug-likeness (QED) is 0.593. The van der Waals surface area contributed by atoms with Gasteiger partial charge in [-0.1, -0.05) is 77.2 Å². The number of hydrogen-bond acceptors (Lipinski definition) is 1. The molecule has 0 bridgehead atoms. The Kier molecular flexibility index (Phi) is 12.3. The molecule has 1 atom stereocenters. The minimum atomic E-state index is 0. The SMILES string of the molecule is C[C@@H]1/C=C(/[O-])CCCCCCCCCCCC1.[Li+]. The van der Waals surface area contributed by atoms with Crippen molar-refractivity contribution in [2.75, 3.05) is 0 Å². The first-order valence-electron chi connectivity index (χ1n) is 7.67. The molecule has 0 aromatic carbocycles. The van der Waals surface area contributed by atoms with E-state index in [1.54, 1.807) is 0 Å². The van der Waals surface area contributed by atoms with Gasteiger partial charge in [0, 0.05) is 0 Å². The zero-order valence-corrected chi connectivity index (χ0v) is 12.5. The molecule has 1 aliphatic carbocycles. The van der Waals surface area contributed by atoms with Crippen LogP contribution in [0.25, 0.3) is 0 Å². The average molecular weight is 244 g/mol. The Morgan fingerprint density at radius 1 is 0.833 bits per heavy atom. The summed E-state index contributed by atoms with van der Waals surface area (Å²) in [6.45, 7) is 2.19. The van der Waals surface area contributed by atoms with E-state index in [-0.39, 0.29) is 18.9 Å². The normalized spacial score (nSPS) is 28.1. The molecule has 0 unspecified atom stereocenters. The van der Waals surface area contributed by atoms with Gasteiger partial charge in [-0.25, -0.2) is 0 Å². The maximum atomic E-state index is 11.7. The predicted octanol–water partition coefficient (Wildman–Crippen LogP) is 1.57. The molecule has 0 aromatic rings. The molecule has 2 heteroatoms. The second kappa shape index (κ2) is 12.2. The first-order chi connectivity index (χ1) is 8.29. The second-order valence-corrected chi connectivity index (χ2v) is 5.68. The number of rotatable bonds is 0. The van der Waals surface area contributed by atoms with Crippen molar-refractivity contribution in [2.24, 2.45) is 5.92 Å². The molecular weight excluding hydrogens is 215 g/mol. The smallest absolute Gasteiger partial charge is 0.876 e. The summed E-state index contributed by atoms with van der Waals surface area (Å²) in [7, 11) is 0. The molecule has 0 spiro atoms. The van der Waals surface area contributed by atoms with Crippen molar-refractivity contribution < 1.29 is 24.0 Å². The fourth-order valence-corrected chi connectivity index (χ4v) is 2.66. The summed E-state index contributed by atoms with van der Waals surface area (Å²) in [6, 6.07) is 0. The summed E-state index contributed by atoms with van der Waals surface area (Å²) in [5, 5.41) is 11.7. The number of hydrogen-bond donors (Lipinski definition) is 0. The Balaban J connectivity index is 0.00000289. The summed E-state index contributed by atoms with van der Waals surface area (Å²) in [4.78, 5) is 0. The first kappa shape index (κ1) is 18.1. The van der Waals surface area contributed by atoms with Gasteiger partial charge in [-0.05, 0) is 18.8 Å². The van der Waals surface area contributed by atoms with Gasteiger partial charge in [0.05, 0.1) is 0 Å². The van der Waals surface area contributed by atoms with Crippen LogP contribution in [0.3, 0.4) is 0 Å². The molecule has 1 rings (SSSR count). The van der Waals surface area contributed by atoms with Gasteiger partial charge in [-0.15, -0.1) is 5.76 Å². The van der Waals surface area contributed by atoms with Crippen LogP contribution >= 0.6 is 0 Å². The standard InChI is InChI=1S/C16H30O.Li/c1-15-12-10-8-6-4-2-3-5-7-9-11-13-16(17)14-15;/h14-15,17H,2-13H2,1H3;/q;+1/p-1/b16-14+;/t15-;/m0./s1. The monoisotopic (exact) mass is 244 g/mol. The van der Waals surface area contributed by atoms with E-state index in [1.165, 1.54) is 64.2 Å². The van der Waals surface area contributed by atoms with E-state index in [0.29, 0.717) is 11.7 Å². The van der Waals surface area contributed by atoms with Gasteiger partial charge < -0.3 is 5.11 Å². The predicted molar refractivity (Wildman–Crippen MR) is 72.7 cm³/mol. The zero-order chi connectivity index (χ0) is 12.3. The summed E-state index contributed by atoms with van der Waals surface area (Å²) in [5.41, 5.74) is 0. The zero-order valence-electron chi connectivity index (χ0n) is 12.5. The Labute approximate surface area is 126 Å². The summed E-state index contributed by atoms with van der Waals surface area (Å²) in [5.74, 6) is 0.875. The molecule has 0 heterocycles. The van der Waals surface area contributed by atoms with E-state index in [2.05, 4.69) is 6.92 Å². The van der Waals surface area contributed by atoms with E-state index in [4.69, 9.17) is 0 Å². The minimum Gasteiger partial charge on any atom is -0.876 e. The molecule has 1 aliphatic rings. The molecule has 100 valence electrons. The van der Waals surface area contributed by atoms with Gasteiger partial charge in [-0.2, -0.15) is 0 Å². The second-order valence-electron chi connectivity index (χ2n) is 5.68. The van der Waals surface area contributed by atoms with Crippen LogP contribution in [0.2, 0.25) is 0 Å². The van der Waals surface area contributed by atoms with Crippen LogP contribution in [0.1, 0.15) is 84.0 Å². The minimum absolute atomic E-state index is 0. The molecule has 0 fully saturated rings. The Hall–Kier alpha value is 0.137. The van der Waals surface area contributed by atoms with Gasteiger partial charge >= 0.3 is 18.9 Å². The summed E-state index contributed by atoms with van der Waals surface area (Å²) >= 11 is 0. The van der Waals surface area contributed by atoms with Crippen molar-refractivity contribution >= 4 is 0 Å². The van der Waals surface area contributed by atoms with Crippen molar-refractivity contribution in [3.63, 3.8) is 0 Å². The molecule has 0 N–H and O–H groups in total. The molecular formula is C16H29LiO. The third kappa shape index (κ3) is 10.1. The largest absolute Gasteiger partial charge is 1.00 e. The van der Waals surface area contributed by atoms with Gasteiger partial charge in [-0.3, -0.25) is 0 Å². The van der Waals surface area contributed by atoms with Crippen LogP contribution in [-0.4, -0.2) is 0 Å². The average Bonchev–Trinajstić information content (AvgIpc) is 2.30. The van der Waals surface area contributed by atoms with Gasteiger partial charge in [0.2, 0.25) is 0 Å². The van der Waals surface area contributed by atoms with Crippen molar-refractivity contribution in [1.29, 1.82) is 0 Å². The molecule has 0 amide bonds. The van der Waals surface area contributed by atoms with Gasteiger partial charge in [0.1, 0.15) is 0 Å². The van der Waals surface area contributed by atoms with Crippen LogP contribution < -0.4 is 24.0 Å². The van der Waals surface area contributed by atoms with E-state index >= 15 is 0 Å². The van der Waals surface area contributed by atoms with Gasteiger partial charge in [0.15, 0.2) is 0 Å². The maximum Gasteiger partial charge on any atom is 1.00 e. The molecule has 0 aliphatic heterocycles. The fraction of sp³-hybridized carbons (Fsp3) is 0.875. The first-order valence-corrected chi connectivity index (χ1v) is 7.67. The topological polar surface area (TPSA) is 23.1 Å². The van der Waals surface area contributed by atoms with E-state index < -0.39 is 0 Å². The van der Waals surface area contributed by atoms with Crippen molar-refractivity contribution in [2.45, 2.75) is 84.0 Å². The van der Waals surface area contributed by atoms with Crippen LogP contribution in [0.4, 0.5) is 0 Å². The van der Waals surface area contributed by atoms with E-state index in [9.17, 15) is 5.11 Å². The van der Waals surface area contributed by atoms with Crippen LogP contribution in [0.5, 0.6) is 0 Å². The molecule has 0 radical (unpaired) electrons. The van der Waals surface area contributed by atoms with Crippen LogP contribution in [0.15, 0.2) is 11.8 Å². The summed E-state index contributed by atoms with van der Waals surface area (Å²) in [6.07, 6.45) is 17.3. The van der Waals surface area contributed by atoms with E-state index in [0.717, 1.165) is 12.8 Å². The maximum absolute atomic E-state index is 11.7. The van der Waals surface area contributed by atoms with Gasteiger partial charge in [0.25, 0.3) is 0 Å². The van der Waals surface area contributed by atoms with Crippen molar-refractivity contribution in [1.82, 2.24) is 0 Å². The Bertz CT molecular complexity index is 213. The van der Waals surface area contributed by atoms with Crippen LogP contribution in [-0.2, 0) is 0 Å². The molecule has 1 nitrogen and oxygen atoms in total. The third-order valence-electron chi connectivity index (χ3n) is 3.80. The Morgan fingerprint density at radius 3 is 1.83 bits per heavy atom. The molecule has 0 saturated heterocycles. The molecule has 0 saturated carbocycles.